The molecule has 3 unspecified atom stereocenters. The Morgan fingerprint density at radius 2 is 1.78 bits per heavy atom. The van der Waals surface area contributed by atoms with E-state index in [0.717, 1.165) is 24.5 Å². The van der Waals surface area contributed by atoms with Crippen LogP contribution in [0.1, 0.15) is 120 Å². The highest BCUT2D eigenvalue weighted by Gasteiger charge is 2.42. The molecule has 1 saturated carbocycles. The van der Waals surface area contributed by atoms with Gasteiger partial charge in [0.15, 0.2) is 0 Å². The number of carbonyl (C=O) groups is 1. The molecule has 2 aromatic rings. The van der Waals surface area contributed by atoms with Gasteiger partial charge >= 0.3 is 0 Å². The van der Waals surface area contributed by atoms with Gasteiger partial charge in [-0.15, -0.1) is 10.2 Å². The molecule has 3 fully saturated rings. The van der Waals surface area contributed by atoms with Gasteiger partial charge in [-0.25, -0.2) is 8.78 Å². The number of hydrogen-bond acceptors (Lipinski definition) is 4. The van der Waals surface area contributed by atoms with Crippen molar-refractivity contribution in [3.8, 4) is 0 Å². The molecule has 0 radical (unpaired) electrons. The minimum Gasteiger partial charge on any atom is -0.349 e. The number of carbonyl (C=O) groups excluding carboxylic acids is 1. The number of fused-ring (bicyclic) bond motifs is 2. The van der Waals surface area contributed by atoms with E-state index in [0.29, 0.717) is 18.4 Å². The lowest BCUT2D eigenvalue weighted by Crippen LogP contribution is -2.45. The molecule has 3 heterocycles. The highest BCUT2D eigenvalue weighted by Crippen LogP contribution is 2.42. The number of halogens is 2. The van der Waals surface area contributed by atoms with Crippen molar-refractivity contribution in [2.75, 3.05) is 6.50 Å². The second-order valence-corrected chi connectivity index (χ2v) is 10.4. The molecule has 3 aliphatic rings. The molecule has 1 amide bonds. The molecular formula is C29H41F2N5O. The first-order valence-electron chi connectivity index (χ1n) is 17.9. The Labute approximate surface area is 233 Å². The maximum atomic E-state index is 15.0. The third-order valence-corrected chi connectivity index (χ3v) is 7.49. The number of nitrogens with one attached hydrogen (secondary N) is 1. The predicted molar refractivity (Wildman–Crippen MR) is 139 cm³/mol. The van der Waals surface area contributed by atoms with Crippen molar-refractivity contribution >= 4 is 5.91 Å². The van der Waals surface area contributed by atoms with Gasteiger partial charge in [0.1, 0.15) is 11.6 Å². The number of piperidine rings is 1. The molecule has 202 valence electrons. The van der Waals surface area contributed by atoms with Crippen LogP contribution in [-0.4, -0.2) is 50.1 Å². The van der Waals surface area contributed by atoms with Gasteiger partial charge in [-0.1, -0.05) is 44.2 Å². The smallest absolute Gasteiger partial charge is 0.248 e. The van der Waals surface area contributed by atoms with Crippen molar-refractivity contribution < 1.29 is 27.3 Å². The number of aromatic nitrogens is 3. The van der Waals surface area contributed by atoms with Crippen molar-refractivity contribution in [3.63, 3.8) is 0 Å². The van der Waals surface area contributed by atoms with E-state index in [1.165, 1.54) is 0 Å². The molecule has 2 aliphatic heterocycles. The Bertz CT molecular complexity index is 1440. The van der Waals surface area contributed by atoms with Crippen LogP contribution < -0.4 is 5.32 Å². The van der Waals surface area contributed by atoms with Crippen molar-refractivity contribution in [1.29, 1.82) is 0 Å². The van der Waals surface area contributed by atoms with E-state index >= 15 is 0 Å². The van der Waals surface area contributed by atoms with Crippen LogP contribution in [0.4, 0.5) is 8.78 Å². The number of aryl methyl sites for hydroxylation is 1. The topological polar surface area (TPSA) is 63.1 Å². The predicted octanol–water partition coefficient (Wildman–Crippen LogP) is 5.95. The van der Waals surface area contributed by atoms with E-state index in [2.05, 4.69) is 20.1 Å². The van der Waals surface area contributed by atoms with Crippen LogP contribution >= 0.6 is 0 Å². The van der Waals surface area contributed by atoms with Gasteiger partial charge in [0.25, 0.3) is 0 Å². The summed E-state index contributed by atoms with van der Waals surface area (Å²) < 4.78 is 115. The molecule has 5 rings (SSSR count). The van der Waals surface area contributed by atoms with Gasteiger partial charge in [0.05, 0.1) is 6.04 Å². The van der Waals surface area contributed by atoms with Crippen LogP contribution in [0.2, 0.25) is 0 Å². The fraction of sp³-hybridized carbons (Fsp3) is 0.690. The number of rotatable bonds is 8. The van der Waals surface area contributed by atoms with Crippen LogP contribution in [0.3, 0.4) is 0 Å². The number of amides is 1. The lowest BCUT2D eigenvalue weighted by Gasteiger charge is -2.40. The summed E-state index contributed by atoms with van der Waals surface area (Å²) in [5, 5.41) is 11.1. The van der Waals surface area contributed by atoms with E-state index in [1.807, 2.05) is 20.8 Å². The number of nitrogens with zero attached hydrogens (tertiary/aromatic N) is 4. The molecule has 1 aromatic heterocycles. The lowest BCUT2D eigenvalue weighted by atomic mass is 9.86. The van der Waals surface area contributed by atoms with E-state index in [1.54, 1.807) is 35.2 Å². The van der Waals surface area contributed by atoms with Gasteiger partial charge in [-0.05, 0) is 57.3 Å². The summed E-state index contributed by atoms with van der Waals surface area (Å²) in [6, 6.07) is 6.64. The van der Waals surface area contributed by atoms with Gasteiger partial charge in [-0.2, -0.15) is 0 Å². The summed E-state index contributed by atoms with van der Waals surface area (Å²) in [6.45, 7) is 3.93. The highest BCUT2D eigenvalue weighted by atomic mass is 19.3. The van der Waals surface area contributed by atoms with Crippen LogP contribution in [0.15, 0.2) is 30.3 Å². The molecule has 8 heteroatoms. The van der Waals surface area contributed by atoms with Crippen molar-refractivity contribution in [1.82, 2.24) is 25.0 Å². The fourth-order valence-electron chi connectivity index (χ4n) is 5.76. The monoisotopic (exact) mass is 523 g/mol. The van der Waals surface area contributed by atoms with Gasteiger partial charge < -0.3 is 9.88 Å². The third-order valence-electron chi connectivity index (χ3n) is 7.49. The highest BCUT2D eigenvalue weighted by molar-refractivity contribution is 5.79. The second kappa shape index (κ2) is 10.8. The van der Waals surface area contributed by atoms with Crippen LogP contribution in [0.25, 0.3) is 0 Å². The summed E-state index contributed by atoms with van der Waals surface area (Å²) >= 11 is 0. The van der Waals surface area contributed by atoms with Crippen molar-refractivity contribution in [3.05, 3.63) is 47.5 Å². The van der Waals surface area contributed by atoms with Gasteiger partial charge in [0, 0.05) is 62.9 Å². The standard InChI is InChI=1S/C29H41F2N5O/c1-19(2)27-34-33-20(3)36(27)25-17-23-9-10-24(18-25)35(23)16-13-26(21-7-5-4-6-8-21)32-28(37)22-11-14-29(30,31)15-12-22/h4-8,19,22-26H,9-18H2,1-3H3,(H,32,37)/i11D2,12D2,14D2,15D2,16D2. The quantitative estimate of drug-likeness (QED) is 0.464. The zero-order valence-corrected chi connectivity index (χ0v) is 21.3. The first kappa shape index (κ1) is 16.6. The first-order valence-corrected chi connectivity index (χ1v) is 12.9. The number of benzene rings is 1. The summed E-state index contributed by atoms with van der Waals surface area (Å²) in [6.07, 6.45) is -13.8. The molecule has 6 nitrogen and oxygen atoms in total. The number of hydrogen-bond donors (Lipinski definition) is 1. The van der Waals surface area contributed by atoms with Gasteiger partial charge in [-0.3, -0.25) is 9.69 Å². The zero-order valence-electron chi connectivity index (χ0n) is 31.3. The van der Waals surface area contributed by atoms with Crippen LogP contribution in [0.5, 0.6) is 0 Å². The molecule has 0 spiro atoms. The molecule has 3 atom stereocenters. The molecule has 1 aromatic carbocycles. The average Bonchev–Trinajstić information content (AvgIpc) is 3.49. The number of alkyl halides is 2. The molecule has 2 saturated heterocycles. The Kier molecular flexibility index (Phi) is 4.84. The lowest BCUT2D eigenvalue weighted by molar-refractivity contribution is -0.130. The van der Waals surface area contributed by atoms with E-state index in [4.69, 9.17) is 11.0 Å². The summed E-state index contributed by atoms with van der Waals surface area (Å²) in [4.78, 5) is 15.6. The van der Waals surface area contributed by atoms with E-state index < -0.39 is 55.8 Å². The summed E-state index contributed by atoms with van der Waals surface area (Å²) in [5.41, 5.74) is 0.377. The minimum absolute atomic E-state index is 0.0653. The van der Waals surface area contributed by atoms with Crippen molar-refractivity contribution in [2.24, 2.45) is 5.92 Å². The van der Waals surface area contributed by atoms with Crippen LogP contribution in [-0.2, 0) is 4.79 Å². The normalized spacial score (nSPS) is 36.8. The summed E-state index contributed by atoms with van der Waals surface area (Å²) in [5.74, 6) is -7.68. The van der Waals surface area contributed by atoms with Crippen molar-refractivity contribution in [2.45, 2.75) is 114 Å². The van der Waals surface area contributed by atoms with Gasteiger partial charge in [0.2, 0.25) is 11.8 Å². The summed E-state index contributed by atoms with van der Waals surface area (Å²) in [7, 11) is 0. The molecule has 37 heavy (non-hydrogen) atoms. The maximum Gasteiger partial charge on any atom is 0.248 e. The fourth-order valence-corrected chi connectivity index (χ4v) is 5.76. The largest absolute Gasteiger partial charge is 0.349 e. The Morgan fingerprint density at radius 3 is 2.41 bits per heavy atom. The first-order chi connectivity index (χ1) is 21.5. The Hall–Kier alpha value is -2.35. The van der Waals surface area contributed by atoms with E-state index in [9.17, 15) is 16.3 Å². The van der Waals surface area contributed by atoms with E-state index in [-0.39, 0.29) is 30.5 Å². The zero-order chi connectivity index (χ0) is 35.1. The maximum absolute atomic E-state index is 15.0. The Balaban J connectivity index is 1.44. The molecule has 2 bridgehead atoms. The minimum atomic E-state index is -5.12. The Morgan fingerprint density at radius 1 is 1.14 bits per heavy atom. The third kappa shape index (κ3) is 5.74. The van der Waals surface area contributed by atoms with Crippen LogP contribution in [0, 0.1) is 12.8 Å². The average molecular weight is 524 g/mol. The molecular weight excluding hydrogens is 472 g/mol. The molecule has 1 aliphatic carbocycles. The SMILES string of the molecule is [2H]C([2H])(CC(NC(=O)C1C([2H])([2H])C([2H])([2H])C(F)(F)C([2H])([2H])C1([2H])[2H])c1ccccc1)N1C2CCC1CC(n1c(C)nnc1C(C)C)C2. The second-order valence-electron chi connectivity index (χ2n) is 10.4. The molecule has 1 N–H and O–H groups in total.